The Hall–Kier alpha value is -2.70. The van der Waals surface area contributed by atoms with E-state index in [1.165, 1.54) is 24.9 Å². The first kappa shape index (κ1) is 11.8. The summed E-state index contributed by atoms with van der Waals surface area (Å²) >= 11 is 0. The van der Waals surface area contributed by atoms with Crippen molar-refractivity contribution in [2.24, 2.45) is 0 Å². The Bertz CT molecular complexity index is 524. The van der Waals surface area contributed by atoms with E-state index in [-0.39, 0.29) is 12.4 Å². The number of furan rings is 1. The molecule has 0 unspecified atom stereocenters. The van der Waals surface area contributed by atoms with Gasteiger partial charge >= 0.3 is 11.8 Å². The van der Waals surface area contributed by atoms with Gasteiger partial charge in [-0.3, -0.25) is 9.59 Å². The van der Waals surface area contributed by atoms with Crippen molar-refractivity contribution < 1.29 is 14.0 Å². The monoisotopic (exact) mass is 246 g/mol. The zero-order valence-corrected chi connectivity index (χ0v) is 9.29. The summed E-state index contributed by atoms with van der Waals surface area (Å²) in [5.41, 5.74) is 0. The van der Waals surface area contributed by atoms with Crippen LogP contribution in [0.15, 0.2) is 41.4 Å². The van der Waals surface area contributed by atoms with Gasteiger partial charge in [0, 0.05) is 6.20 Å². The molecule has 0 saturated carbocycles. The van der Waals surface area contributed by atoms with Crippen molar-refractivity contribution >= 4 is 17.6 Å². The Kier molecular flexibility index (Phi) is 3.65. The standard InChI is InChI=1S/C11H10N4O3/c16-10(13-6-8-2-1-5-18-8)11(17)15-9-3-4-12-7-14-9/h1-5,7H,6H2,(H,13,16)(H,12,14,15,17). The van der Waals surface area contributed by atoms with E-state index < -0.39 is 11.8 Å². The summed E-state index contributed by atoms with van der Waals surface area (Å²) in [5, 5.41) is 4.76. The molecule has 0 aliphatic rings. The normalized spacial score (nSPS) is 9.78. The van der Waals surface area contributed by atoms with Crippen LogP contribution >= 0.6 is 0 Å². The first-order chi connectivity index (χ1) is 8.75. The molecule has 0 bridgehead atoms. The molecule has 0 aliphatic carbocycles. The molecule has 92 valence electrons. The van der Waals surface area contributed by atoms with Crippen molar-refractivity contribution in [2.75, 3.05) is 5.32 Å². The molecule has 2 aromatic rings. The molecular formula is C11H10N4O3. The molecule has 2 rings (SSSR count). The molecule has 0 atom stereocenters. The molecule has 0 aliphatic heterocycles. The molecule has 2 N–H and O–H groups in total. The molecule has 2 aromatic heterocycles. The van der Waals surface area contributed by atoms with Gasteiger partial charge in [-0.1, -0.05) is 0 Å². The number of carbonyl (C=O) groups excluding carboxylic acids is 2. The summed E-state index contributed by atoms with van der Waals surface area (Å²) in [6, 6.07) is 4.88. The number of amides is 2. The van der Waals surface area contributed by atoms with Gasteiger partial charge < -0.3 is 15.1 Å². The van der Waals surface area contributed by atoms with Gasteiger partial charge in [-0.15, -0.1) is 0 Å². The predicted octanol–water partition coefficient (Wildman–Crippen LogP) is 0.324. The van der Waals surface area contributed by atoms with E-state index in [1.54, 1.807) is 12.1 Å². The van der Waals surface area contributed by atoms with Gasteiger partial charge in [0.25, 0.3) is 0 Å². The van der Waals surface area contributed by atoms with E-state index >= 15 is 0 Å². The number of nitrogens with zero attached hydrogens (tertiary/aromatic N) is 2. The Morgan fingerprint density at radius 3 is 2.83 bits per heavy atom. The number of aromatic nitrogens is 2. The maximum Gasteiger partial charge on any atom is 0.314 e. The molecular weight excluding hydrogens is 236 g/mol. The van der Waals surface area contributed by atoms with Crippen LogP contribution < -0.4 is 10.6 Å². The molecule has 0 radical (unpaired) electrons. The largest absolute Gasteiger partial charge is 0.467 e. The highest BCUT2D eigenvalue weighted by Gasteiger charge is 2.14. The van der Waals surface area contributed by atoms with Crippen molar-refractivity contribution in [1.29, 1.82) is 0 Å². The van der Waals surface area contributed by atoms with Gasteiger partial charge in [-0.25, -0.2) is 9.97 Å². The lowest BCUT2D eigenvalue weighted by atomic mass is 10.4. The predicted molar refractivity (Wildman–Crippen MR) is 61.2 cm³/mol. The lowest BCUT2D eigenvalue weighted by Gasteiger charge is -2.04. The fourth-order valence-corrected chi connectivity index (χ4v) is 1.20. The molecule has 0 saturated heterocycles. The first-order valence-corrected chi connectivity index (χ1v) is 5.13. The molecule has 18 heavy (non-hydrogen) atoms. The fourth-order valence-electron chi connectivity index (χ4n) is 1.20. The Morgan fingerprint density at radius 1 is 1.28 bits per heavy atom. The molecule has 0 spiro atoms. The Morgan fingerprint density at radius 2 is 2.17 bits per heavy atom. The minimum atomic E-state index is -0.791. The Labute approximate surface area is 102 Å². The summed E-state index contributed by atoms with van der Waals surface area (Å²) < 4.78 is 5.01. The SMILES string of the molecule is O=C(NCc1ccco1)C(=O)Nc1ccncn1. The van der Waals surface area contributed by atoms with Crippen LogP contribution in [0, 0.1) is 0 Å². The topological polar surface area (TPSA) is 97.1 Å². The summed E-state index contributed by atoms with van der Waals surface area (Å²) in [6.45, 7) is 0.156. The molecule has 2 heterocycles. The van der Waals surface area contributed by atoms with Crippen LogP contribution in [-0.4, -0.2) is 21.8 Å². The smallest absolute Gasteiger partial charge is 0.314 e. The average Bonchev–Trinajstić information content (AvgIpc) is 2.90. The minimum absolute atomic E-state index is 0.156. The number of nitrogens with one attached hydrogen (secondary N) is 2. The lowest BCUT2D eigenvalue weighted by molar-refractivity contribution is -0.136. The summed E-state index contributed by atoms with van der Waals surface area (Å²) in [6.07, 6.45) is 4.22. The zero-order chi connectivity index (χ0) is 12.8. The van der Waals surface area contributed by atoms with Gasteiger partial charge in [-0.05, 0) is 18.2 Å². The second-order valence-electron chi connectivity index (χ2n) is 3.31. The van der Waals surface area contributed by atoms with E-state index in [0.29, 0.717) is 5.76 Å². The van der Waals surface area contributed by atoms with Crippen LogP contribution in [0.2, 0.25) is 0 Å². The third-order valence-electron chi connectivity index (χ3n) is 2.03. The first-order valence-electron chi connectivity index (χ1n) is 5.13. The molecule has 0 aromatic carbocycles. The number of hydrogen-bond acceptors (Lipinski definition) is 5. The van der Waals surface area contributed by atoms with E-state index in [2.05, 4.69) is 20.6 Å². The maximum absolute atomic E-state index is 11.5. The average molecular weight is 246 g/mol. The maximum atomic E-state index is 11.5. The van der Waals surface area contributed by atoms with Crippen molar-refractivity contribution in [1.82, 2.24) is 15.3 Å². The van der Waals surface area contributed by atoms with E-state index in [9.17, 15) is 9.59 Å². The van der Waals surface area contributed by atoms with Crippen molar-refractivity contribution in [2.45, 2.75) is 6.54 Å². The summed E-state index contributed by atoms with van der Waals surface area (Å²) in [4.78, 5) is 30.4. The quantitative estimate of drug-likeness (QED) is 0.760. The summed E-state index contributed by atoms with van der Waals surface area (Å²) in [5.74, 6) is -0.716. The van der Waals surface area contributed by atoms with Crippen LogP contribution in [0.3, 0.4) is 0 Å². The third-order valence-corrected chi connectivity index (χ3v) is 2.03. The number of hydrogen-bond donors (Lipinski definition) is 2. The van der Waals surface area contributed by atoms with Gasteiger partial charge in [0.15, 0.2) is 0 Å². The van der Waals surface area contributed by atoms with E-state index in [1.807, 2.05) is 0 Å². The van der Waals surface area contributed by atoms with Crippen molar-refractivity contribution in [3.8, 4) is 0 Å². The van der Waals surface area contributed by atoms with Crippen molar-refractivity contribution in [3.63, 3.8) is 0 Å². The van der Waals surface area contributed by atoms with E-state index in [4.69, 9.17) is 4.42 Å². The van der Waals surface area contributed by atoms with Gasteiger partial charge in [-0.2, -0.15) is 0 Å². The molecule has 2 amide bonds. The van der Waals surface area contributed by atoms with E-state index in [0.717, 1.165) is 0 Å². The van der Waals surface area contributed by atoms with Crippen LogP contribution in [0.1, 0.15) is 5.76 Å². The highest BCUT2D eigenvalue weighted by molar-refractivity contribution is 6.39. The molecule has 0 fully saturated rings. The number of rotatable bonds is 3. The highest BCUT2D eigenvalue weighted by Crippen LogP contribution is 1.99. The molecule has 7 nitrogen and oxygen atoms in total. The van der Waals surface area contributed by atoms with Crippen LogP contribution in [0.5, 0.6) is 0 Å². The minimum Gasteiger partial charge on any atom is -0.467 e. The second-order valence-corrected chi connectivity index (χ2v) is 3.31. The van der Waals surface area contributed by atoms with Crippen LogP contribution in [0.4, 0.5) is 5.82 Å². The highest BCUT2D eigenvalue weighted by atomic mass is 16.3. The van der Waals surface area contributed by atoms with Gasteiger partial charge in [0.05, 0.1) is 12.8 Å². The summed E-state index contributed by atoms with van der Waals surface area (Å²) in [7, 11) is 0. The van der Waals surface area contributed by atoms with Crippen LogP contribution in [0.25, 0.3) is 0 Å². The zero-order valence-electron chi connectivity index (χ0n) is 9.29. The Balaban J connectivity index is 1.84. The van der Waals surface area contributed by atoms with Gasteiger partial charge in [0.1, 0.15) is 17.9 Å². The number of anilines is 1. The molecule has 7 heteroatoms. The lowest BCUT2D eigenvalue weighted by Crippen LogP contribution is -2.35. The second kappa shape index (κ2) is 5.58. The van der Waals surface area contributed by atoms with Crippen LogP contribution in [-0.2, 0) is 16.1 Å². The van der Waals surface area contributed by atoms with Gasteiger partial charge in [0.2, 0.25) is 0 Å². The third kappa shape index (κ3) is 3.14. The fraction of sp³-hybridized carbons (Fsp3) is 0.0909. The van der Waals surface area contributed by atoms with Crippen molar-refractivity contribution in [3.05, 3.63) is 42.7 Å². The number of carbonyl (C=O) groups is 2.